The highest BCUT2D eigenvalue weighted by atomic mass is 19.3. The fraction of sp³-hybridized carbons (Fsp3) is 0.167. The number of hydrogen-bond acceptors (Lipinski definition) is 6. The first-order chi connectivity index (χ1) is 17.0. The van der Waals surface area contributed by atoms with Gasteiger partial charge in [0, 0.05) is 36.1 Å². The molecular formula is C24H21F5N6O. The van der Waals surface area contributed by atoms with Gasteiger partial charge in [0.05, 0.1) is 12.1 Å². The number of alkyl halides is 2. The van der Waals surface area contributed by atoms with Gasteiger partial charge >= 0.3 is 5.92 Å². The summed E-state index contributed by atoms with van der Waals surface area (Å²) < 4.78 is 73.3. The Morgan fingerprint density at radius 2 is 1.83 bits per heavy atom. The van der Waals surface area contributed by atoms with Crippen molar-refractivity contribution < 1.29 is 27.1 Å². The van der Waals surface area contributed by atoms with Gasteiger partial charge in [0.1, 0.15) is 29.5 Å². The number of hydrogen-bond donors (Lipinski definition) is 4. The van der Waals surface area contributed by atoms with Crippen LogP contribution in [-0.2, 0) is 11.5 Å². The number of anilines is 1. The summed E-state index contributed by atoms with van der Waals surface area (Å²) in [6.45, 7) is -1.09. The van der Waals surface area contributed by atoms with Gasteiger partial charge in [-0.1, -0.05) is 11.8 Å². The largest absolute Gasteiger partial charge is 0.388 e. The predicted molar refractivity (Wildman–Crippen MR) is 124 cm³/mol. The molecule has 1 atom stereocenters. The van der Waals surface area contributed by atoms with E-state index in [0.717, 1.165) is 18.6 Å². The zero-order valence-electron chi connectivity index (χ0n) is 18.8. The van der Waals surface area contributed by atoms with E-state index in [9.17, 15) is 18.3 Å². The highest BCUT2D eigenvalue weighted by Crippen LogP contribution is 2.45. The van der Waals surface area contributed by atoms with Crippen molar-refractivity contribution in [2.75, 3.05) is 18.9 Å². The highest BCUT2D eigenvalue weighted by molar-refractivity contribution is 5.54. The minimum absolute atomic E-state index is 0.0779. The Hall–Kier alpha value is -4.21. The molecule has 3 aromatic rings. The van der Waals surface area contributed by atoms with E-state index in [1.165, 1.54) is 18.2 Å². The predicted octanol–water partition coefficient (Wildman–Crippen LogP) is 3.00. The van der Waals surface area contributed by atoms with Crippen LogP contribution in [0.2, 0.25) is 0 Å². The molecule has 0 amide bonds. The lowest BCUT2D eigenvalue weighted by Crippen LogP contribution is -2.53. The second kappa shape index (κ2) is 10.6. The summed E-state index contributed by atoms with van der Waals surface area (Å²) in [5.74, 6) is 8.43. The van der Waals surface area contributed by atoms with Crippen LogP contribution in [0.3, 0.4) is 0 Å². The number of nitrogens with one attached hydrogen (secondary N) is 1. The summed E-state index contributed by atoms with van der Waals surface area (Å²) in [4.78, 5) is 3.67. The van der Waals surface area contributed by atoms with Crippen LogP contribution < -0.4 is 17.0 Å². The van der Waals surface area contributed by atoms with E-state index in [4.69, 9.17) is 11.7 Å². The summed E-state index contributed by atoms with van der Waals surface area (Å²) in [5.41, 5.74) is -4.42. The third-order valence-corrected chi connectivity index (χ3v) is 5.21. The van der Waals surface area contributed by atoms with E-state index in [2.05, 4.69) is 27.2 Å². The van der Waals surface area contributed by atoms with Crippen molar-refractivity contribution in [2.24, 2.45) is 16.8 Å². The van der Waals surface area contributed by atoms with Crippen LogP contribution in [0.4, 0.5) is 27.6 Å². The van der Waals surface area contributed by atoms with Crippen molar-refractivity contribution in [1.29, 1.82) is 0 Å². The maximum atomic E-state index is 15.7. The molecule has 0 saturated heterocycles. The highest BCUT2D eigenvalue weighted by Gasteiger charge is 2.58. The molecule has 1 aromatic heterocycles. The third-order valence-electron chi connectivity index (χ3n) is 5.21. The van der Waals surface area contributed by atoms with Crippen LogP contribution >= 0.6 is 0 Å². The first-order valence-corrected chi connectivity index (χ1v) is 10.3. The molecule has 1 unspecified atom stereocenters. The Morgan fingerprint density at radius 3 is 2.42 bits per heavy atom. The van der Waals surface area contributed by atoms with Crippen LogP contribution in [0.5, 0.6) is 0 Å². The minimum atomic E-state index is -4.24. The first kappa shape index (κ1) is 26.4. The van der Waals surface area contributed by atoms with Crippen molar-refractivity contribution in [1.82, 2.24) is 9.99 Å². The average molecular weight is 504 g/mol. The van der Waals surface area contributed by atoms with E-state index >= 15 is 8.78 Å². The molecule has 36 heavy (non-hydrogen) atoms. The fourth-order valence-corrected chi connectivity index (χ4v) is 3.35. The van der Waals surface area contributed by atoms with E-state index in [0.29, 0.717) is 28.9 Å². The molecule has 3 rings (SSSR count). The van der Waals surface area contributed by atoms with Gasteiger partial charge in [-0.25, -0.2) is 19.0 Å². The van der Waals surface area contributed by atoms with Crippen LogP contribution in [0, 0.1) is 29.3 Å². The van der Waals surface area contributed by atoms with Gasteiger partial charge in [0.25, 0.3) is 0 Å². The van der Waals surface area contributed by atoms with Gasteiger partial charge in [-0.15, -0.1) is 0 Å². The number of aliphatic hydroxyl groups is 1. The molecule has 0 bridgehead atoms. The Kier molecular flexibility index (Phi) is 7.77. The van der Waals surface area contributed by atoms with Crippen molar-refractivity contribution in [2.45, 2.75) is 11.5 Å². The quantitative estimate of drug-likeness (QED) is 0.0983. The SMILES string of the molecule is CNc1ccc(C#Cc2ccc(C(F)(F)C(O)(CN(N)/C=N\N)c3ccc(F)cc3F)nc2)c(F)c1. The van der Waals surface area contributed by atoms with Gasteiger partial charge in [0.15, 0.2) is 5.60 Å². The molecular weight excluding hydrogens is 483 g/mol. The molecule has 0 aliphatic heterocycles. The Balaban J connectivity index is 1.99. The zero-order valence-corrected chi connectivity index (χ0v) is 18.8. The molecule has 7 nitrogen and oxygen atoms in total. The molecule has 2 aromatic carbocycles. The van der Waals surface area contributed by atoms with E-state index < -0.39 is 46.8 Å². The van der Waals surface area contributed by atoms with Gasteiger partial charge in [-0.2, -0.15) is 13.9 Å². The summed E-state index contributed by atoms with van der Waals surface area (Å²) in [7, 11) is 1.63. The molecule has 0 aliphatic carbocycles. The number of halogens is 5. The van der Waals surface area contributed by atoms with Crippen molar-refractivity contribution in [3.63, 3.8) is 0 Å². The zero-order chi connectivity index (χ0) is 26.5. The van der Waals surface area contributed by atoms with Crippen LogP contribution in [-0.4, -0.2) is 35.0 Å². The molecule has 1 heterocycles. The molecule has 188 valence electrons. The Bertz CT molecular complexity index is 1320. The number of hydrazone groups is 1. The molecule has 0 spiro atoms. The maximum Gasteiger partial charge on any atom is 0.323 e. The second-order valence-electron chi connectivity index (χ2n) is 7.62. The number of pyridine rings is 1. The Morgan fingerprint density at radius 1 is 1.08 bits per heavy atom. The fourth-order valence-electron chi connectivity index (χ4n) is 3.35. The average Bonchev–Trinajstić information content (AvgIpc) is 2.83. The van der Waals surface area contributed by atoms with Gasteiger partial charge in [0.2, 0.25) is 0 Å². The van der Waals surface area contributed by atoms with Crippen molar-refractivity contribution in [3.8, 4) is 11.8 Å². The van der Waals surface area contributed by atoms with Crippen LogP contribution in [0.1, 0.15) is 22.4 Å². The molecule has 0 fully saturated rings. The number of nitrogens with zero attached hydrogens (tertiary/aromatic N) is 3. The molecule has 0 saturated carbocycles. The first-order valence-electron chi connectivity index (χ1n) is 10.3. The second-order valence-corrected chi connectivity index (χ2v) is 7.62. The number of aromatic nitrogens is 1. The number of rotatable bonds is 7. The van der Waals surface area contributed by atoms with Gasteiger partial charge in [-0.05, 0) is 42.5 Å². The lowest BCUT2D eigenvalue weighted by Gasteiger charge is -2.37. The maximum absolute atomic E-state index is 15.7. The van der Waals surface area contributed by atoms with E-state index in [1.54, 1.807) is 13.1 Å². The molecule has 6 N–H and O–H groups in total. The van der Waals surface area contributed by atoms with Gasteiger partial charge < -0.3 is 16.3 Å². The normalized spacial score (nSPS) is 13.1. The third kappa shape index (κ3) is 5.37. The molecule has 0 aliphatic rings. The van der Waals surface area contributed by atoms with E-state index in [1.807, 2.05) is 0 Å². The minimum Gasteiger partial charge on any atom is -0.388 e. The summed E-state index contributed by atoms with van der Waals surface area (Å²) in [5, 5.41) is 17.5. The molecule has 0 radical (unpaired) electrons. The van der Waals surface area contributed by atoms with Crippen LogP contribution in [0.15, 0.2) is 59.8 Å². The number of hydrazine groups is 1. The molecule has 12 heteroatoms. The summed E-state index contributed by atoms with van der Waals surface area (Å²) in [6, 6.07) is 8.09. The smallest absolute Gasteiger partial charge is 0.323 e. The van der Waals surface area contributed by atoms with Crippen molar-refractivity contribution in [3.05, 3.63) is 94.6 Å². The lowest BCUT2D eigenvalue weighted by molar-refractivity contribution is -0.203. The van der Waals surface area contributed by atoms with Crippen LogP contribution in [0.25, 0.3) is 0 Å². The van der Waals surface area contributed by atoms with E-state index in [-0.39, 0.29) is 11.1 Å². The topological polar surface area (TPSA) is 113 Å². The summed E-state index contributed by atoms with van der Waals surface area (Å²) in [6.07, 6.45) is 1.72. The monoisotopic (exact) mass is 504 g/mol. The Labute approximate surface area is 203 Å². The number of benzene rings is 2. The summed E-state index contributed by atoms with van der Waals surface area (Å²) >= 11 is 0. The number of nitrogens with two attached hydrogens (primary N) is 2. The lowest BCUT2D eigenvalue weighted by atomic mass is 9.84. The van der Waals surface area contributed by atoms with Crippen molar-refractivity contribution >= 4 is 12.0 Å². The van der Waals surface area contributed by atoms with Gasteiger partial charge in [-0.3, -0.25) is 9.99 Å². The standard InChI is InChI=1S/C24H21F5N6O/c1-32-18-7-5-16(20(26)11-18)4-2-15-3-9-22(33-12-15)24(28,29)23(36,13-35(31)14-34-30)19-8-6-17(25)10-21(19)27/h3,5-12,14,32,36H,13,30-31H2,1H3/b34-14-.